The SMILES string of the molecule is CC(C)OCCCn1c(SCC(=O)Nc2ccc(C(F)(F)F)cc2)nc2ccccc2c1=O. The van der Waals surface area contributed by atoms with Gasteiger partial charge in [0.05, 0.1) is 28.3 Å². The second-order valence-corrected chi connectivity index (χ2v) is 8.50. The van der Waals surface area contributed by atoms with Gasteiger partial charge in [0, 0.05) is 18.8 Å². The van der Waals surface area contributed by atoms with Crippen LogP contribution in [0.25, 0.3) is 10.9 Å². The number of carbonyl (C=O) groups excluding carboxylic acids is 1. The zero-order valence-corrected chi connectivity index (χ0v) is 19.0. The third-order valence-corrected chi connectivity index (χ3v) is 5.61. The number of benzene rings is 2. The number of alkyl halides is 3. The fourth-order valence-corrected chi connectivity index (χ4v) is 3.89. The van der Waals surface area contributed by atoms with Crippen molar-refractivity contribution >= 4 is 34.3 Å². The van der Waals surface area contributed by atoms with E-state index in [1.165, 1.54) is 16.7 Å². The van der Waals surface area contributed by atoms with E-state index in [2.05, 4.69) is 10.3 Å². The van der Waals surface area contributed by atoms with Crippen molar-refractivity contribution in [2.45, 2.75) is 44.2 Å². The molecule has 3 rings (SSSR count). The molecule has 176 valence electrons. The number of ether oxygens (including phenoxy) is 1. The number of halogens is 3. The first kappa shape index (κ1) is 24.8. The Hall–Kier alpha value is -2.85. The summed E-state index contributed by atoms with van der Waals surface area (Å²) in [6.07, 6.45) is -3.76. The lowest BCUT2D eigenvalue weighted by Crippen LogP contribution is -2.25. The maximum absolute atomic E-state index is 13.0. The van der Waals surface area contributed by atoms with E-state index in [4.69, 9.17) is 4.74 Å². The average Bonchev–Trinajstić information content (AvgIpc) is 2.76. The molecule has 1 amide bonds. The minimum absolute atomic E-state index is 0.0612. The molecule has 0 spiro atoms. The zero-order valence-electron chi connectivity index (χ0n) is 18.2. The third kappa shape index (κ3) is 6.82. The molecule has 0 aliphatic rings. The van der Waals surface area contributed by atoms with Crippen LogP contribution in [0.2, 0.25) is 0 Å². The molecule has 0 unspecified atom stereocenters. The van der Waals surface area contributed by atoms with Gasteiger partial charge in [0.25, 0.3) is 5.56 Å². The first-order valence-corrected chi connectivity index (χ1v) is 11.3. The topological polar surface area (TPSA) is 73.2 Å². The Morgan fingerprint density at radius 2 is 1.85 bits per heavy atom. The molecular formula is C23H24F3N3O3S. The van der Waals surface area contributed by atoms with E-state index >= 15 is 0 Å². The molecule has 0 aliphatic carbocycles. The number of carbonyl (C=O) groups is 1. The average molecular weight is 480 g/mol. The summed E-state index contributed by atoms with van der Waals surface area (Å²) < 4.78 is 45.1. The van der Waals surface area contributed by atoms with Crippen LogP contribution in [0.1, 0.15) is 25.8 Å². The Labute approximate surface area is 193 Å². The fourth-order valence-electron chi connectivity index (χ4n) is 3.07. The highest BCUT2D eigenvalue weighted by Crippen LogP contribution is 2.30. The fraction of sp³-hybridized carbons (Fsp3) is 0.348. The van der Waals surface area contributed by atoms with Crippen LogP contribution in [-0.4, -0.2) is 33.9 Å². The summed E-state index contributed by atoms with van der Waals surface area (Å²) in [5, 5.41) is 3.45. The van der Waals surface area contributed by atoms with Crippen LogP contribution in [0.4, 0.5) is 18.9 Å². The van der Waals surface area contributed by atoms with Gasteiger partial charge in [-0.15, -0.1) is 0 Å². The first-order chi connectivity index (χ1) is 15.6. The molecule has 1 aromatic heterocycles. The first-order valence-electron chi connectivity index (χ1n) is 10.4. The Morgan fingerprint density at radius 3 is 2.52 bits per heavy atom. The number of hydrogen-bond acceptors (Lipinski definition) is 5. The van der Waals surface area contributed by atoms with Crippen molar-refractivity contribution < 1.29 is 22.7 Å². The van der Waals surface area contributed by atoms with Crippen LogP contribution in [0.5, 0.6) is 0 Å². The number of thioether (sulfide) groups is 1. The van der Waals surface area contributed by atoms with Crippen molar-refractivity contribution in [2.24, 2.45) is 0 Å². The number of aromatic nitrogens is 2. The number of nitrogens with one attached hydrogen (secondary N) is 1. The molecule has 0 atom stereocenters. The van der Waals surface area contributed by atoms with Gasteiger partial charge < -0.3 is 10.1 Å². The molecule has 1 heterocycles. The van der Waals surface area contributed by atoms with Gasteiger partial charge in [0.2, 0.25) is 5.91 Å². The van der Waals surface area contributed by atoms with E-state index in [9.17, 15) is 22.8 Å². The quantitative estimate of drug-likeness (QED) is 0.267. The highest BCUT2D eigenvalue weighted by molar-refractivity contribution is 7.99. The molecule has 6 nitrogen and oxygen atoms in total. The molecule has 0 saturated carbocycles. The Balaban J connectivity index is 1.72. The Morgan fingerprint density at radius 1 is 1.15 bits per heavy atom. The lowest BCUT2D eigenvalue weighted by molar-refractivity contribution is -0.137. The lowest BCUT2D eigenvalue weighted by Gasteiger charge is -2.14. The summed E-state index contributed by atoms with van der Waals surface area (Å²) in [5.74, 6) is -0.481. The summed E-state index contributed by atoms with van der Waals surface area (Å²) in [6.45, 7) is 4.72. The smallest absolute Gasteiger partial charge is 0.379 e. The van der Waals surface area contributed by atoms with Crippen molar-refractivity contribution in [3.63, 3.8) is 0 Å². The molecule has 0 fully saturated rings. The Kier molecular flexibility index (Phi) is 8.15. The molecule has 0 aliphatic heterocycles. The highest BCUT2D eigenvalue weighted by atomic mass is 32.2. The second kappa shape index (κ2) is 10.8. The van der Waals surface area contributed by atoms with E-state index in [-0.39, 0.29) is 23.1 Å². The second-order valence-electron chi connectivity index (χ2n) is 7.55. The third-order valence-electron chi connectivity index (χ3n) is 4.63. The molecule has 2 aromatic carbocycles. The van der Waals surface area contributed by atoms with Gasteiger partial charge in [0.1, 0.15) is 0 Å². The van der Waals surface area contributed by atoms with Crippen molar-refractivity contribution in [3.05, 3.63) is 64.4 Å². The number of amides is 1. The van der Waals surface area contributed by atoms with E-state index in [0.717, 1.165) is 23.9 Å². The summed E-state index contributed by atoms with van der Waals surface area (Å²) in [7, 11) is 0. The van der Waals surface area contributed by atoms with Gasteiger partial charge in [-0.2, -0.15) is 13.2 Å². The van der Waals surface area contributed by atoms with Gasteiger partial charge >= 0.3 is 6.18 Å². The molecule has 0 bridgehead atoms. The van der Waals surface area contributed by atoms with E-state index < -0.39 is 17.6 Å². The number of anilines is 1. The number of fused-ring (bicyclic) bond motifs is 1. The number of rotatable bonds is 9. The van der Waals surface area contributed by atoms with Crippen molar-refractivity contribution in [3.8, 4) is 0 Å². The summed E-state index contributed by atoms with van der Waals surface area (Å²) in [6, 6.07) is 11.2. The van der Waals surface area contributed by atoms with E-state index in [1.54, 1.807) is 24.3 Å². The van der Waals surface area contributed by atoms with Gasteiger partial charge in [-0.1, -0.05) is 23.9 Å². The van der Waals surface area contributed by atoms with Gasteiger partial charge in [0.15, 0.2) is 5.16 Å². The normalized spacial score (nSPS) is 11.8. The predicted molar refractivity (Wildman–Crippen MR) is 123 cm³/mol. The molecular weight excluding hydrogens is 455 g/mol. The molecule has 0 saturated heterocycles. The van der Waals surface area contributed by atoms with Crippen LogP contribution < -0.4 is 10.9 Å². The zero-order chi connectivity index (χ0) is 24.0. The maximum atomic E-state index is 13.0. The van der Waals surface area contributed by atoms with Crippen LogP contribution in [-0.2, 0) is 22.3 Å². The summed E-state index contributed by atoms with van der Waals surface area (Å²) >= 11 is 1.09. The summed E-state index contributed by atoms with van der Waals surface area (Å²) in [5.41, 5.74) is -0.206. The summed E-state index contributed by atoms with van der Waals surface area (Å²) in [4.78, 5) is 29.9. The highest BCUT2D eigenvalue weighted by Gasteiger charge is 2.30. The monoisotopic (exact) mass is 479 g/mol. The van der Waals surface area contributed by atoms with Crippen molar-refractivity contribution in [1.82, 2.24) is 9.55 Å². The van der Waals surface area contributed by atoms with Crippen molar-refractivity contribution in [1.29, 1.82) is 0 Å². The molecule has 33 heavy (non-hydrogen) atoms. The molecule has 1 N–H and O–H groups in total. The van der Waals surface area contributed by atoms with Gasteiger partial charge in [-0.05, 0) is 56.7 Å². The Bertz CT molecular complexity index is 1160. The van der Waals surface area contributed by atoms with Crippen LogP contribution >= 0.6 is 11.8 Å². The van der Waals surface area contributed by atoms with Crippen molar-refractivity contribution in [2.75, 3.05) is 17.7 Å². The van der Waals surface area contributed by atoms with Crippen LogP contribution in [0, 0.1) is 0 Å². The van der Waals surface area contributed by atoms with Gasteiger partial charge in [-0.3, -0.25) is 14.2 Å². The number of hydrogen-bond donors (Lipinski definition) is 1. The predicted octanol–water partition coefficient (Wildman–Crippen LogP) is 4.96. The molecule has 0 radical (unpaired) electrons. The maximum Gasteiger partial charge on any atom is 0.416 e. The van der Waals surface area contributed by atoms with E-state index in [1.807, 2.05) is 13.8 Å². The van der Waals surface area contributed by atoms with E-state index in [0.29, 0.717) is 35.6 Å². The standard InChI is InChI=1S/C23H24F3N3O3S/c1-15(2)32-13-5-12-29-21(31)18-6-3-4-7-19(18)28-22(29)33-14-20(30)27-17-10-8-16(9-11-17)23(24,25)26/h3-4,6-11,15H,5,12-14H2,1-2H3,(H,27,30). The van der Waals surface area contributed by atoms with Crippen LogP contribution in [0.15, 0.2) is 58.5 Å². The number of nitrogens with zero attached hydrogens (tertiary/aromatic N) is 2. The number of para-hydroxylation sites is 1. The lowest BCUT2D eigenvalue weighted by atomic mass is 10.2. The van der Waals surface area contributed by atoms with Gasteiger partial charge in [-0.25, -0.2) is 4.98 Å². The largest absolute Gasteiger partial charge is 0.416 e. The molecule has 3 aromatic rings. The van der Waals surface area contributed by atoms with Crippen LogP contribution in [0.3, 0.4) is 0 Å². The minimum Gasteiger partial charge on any atom is -0.379 e. The minimum atomic E-state index is -4.44. The molecule has 10 heteroatoms.